The van der Waals surface area contributed by atoms with Crippen molar-refractivity contribution in [2.24, 2.45) is 11.8 Å². The summed E-state index contributed by atoms with van der Waals surface area (Å²) in [6.07, 6.45) is 0.957. The van der Waals surface area contributed by atoms with Crippen molar-refractivity contribution in [1.29, 1.82) is 0 Å². The lowest BCUT2D eigenvalue weighted by molar-refractivity contribution is -0.120. The van der Waals surface area contributed by atoms with E-state index in [0.29, 0.717) is 12.8 Å². The van der Waals surface area contributed by atoms with Crippen LogP contribution in [0, 0.1) is 11.8 Å². The second kappa shape index (κ2) is 4.01. The van der Waals surface area contributed by atoms with Crippen LogP contribution in [0.1, 0.15) is 33.6 Å². The predicted octanol–water partition coefficient (Wildman–Crippen LogP) is 1.42. The predicted molar refractivity (Wildman–Crippen MR) is 55.8 cm³/mol. The lowest BCUT2D eigenvalue weighted by Gasteiger charge is -2.16. The van der Waals surface area contributed by atoms with Gasteiger partial charge in [0.1, 0.15) is 5.78 Å². The summed E-state index contributed by atoms with van der Waals surface area (Å²) in [5, 5.41) is -0.419. The Morgan fingerprint density at radius 3 is 2.36 bits per heavy atom. The van der Waals surface area contributed by atoms with Crippen LogP contribution in [0.25, 0.3) is 0 Å². The quantitative estimate of drug-likeness (QED) is 0.720. The van der Waals surface area contributed by atoms with Crippen molar-refractivity contribution >= 4 is 15.6 Å². The Morgan fingerprint density at radius 2 is 2.00 bits per heavy atom. The van der Waals surface area contributed by atoms with Crippen LogP contribution >= 0.6 is 0 Å². The van der Waals surface area contributed by atoms with Gasteiger partial charge in [-0.15, -0.1) is 0 Å². The van der Waals surface area contributed by atoms with Gasteiger partial charge in [0.15, 0.2) is 9.84 Å². The lowest BCUT2D eigenvalue weighted by atomic mass is 10.1. The van der Waals surface area contributed by atoms with Crippen molar-refractivity contribution < 1.29 is 13.2 Å². The molecular weight excluding hydrogens is 200 g/mol. The first kappa shape index (κ1) is 11.7. The maximum atomic E-state index is 11.8. The topological polar surface area (TPSA) is 51.2 Å². The Balaban J connectivity index is 2.79. The Bertz CT molecular complexity index is 316. The molecule has 14 heavy (non-hydrogen) atoms. The number of carbonyl (C=O) groups is 1. The zero-order chi connectivity index (χ0) is 10.9. The summed E-state index contributed by atoms with van der Waals surface area (Å²) in [4.78, 5) is 11.3. The number of rotatable bonds is 3. The highest BCUT2D eigenvalue weighted by Gasteiger charge is 2.39. The molecule has 1 saturated carbocycles. The molecule has 1 fully saturated rings. The van der Waals surface area contributed by atoms with Gasteiger partial charge in [-0.25, -0.2) is 8.42 Å². The average molecular weight is 218 g/mol. The van der Waals surface area contributed by atoms with Crippen LogP contribution in [0.3, 0.4) is 0 Å². The summed E-state index contributed by atoms with van der Waals surface area (Å²) in [5.41, 5.74) is 0. The summed E-state index contributed by atoms with van der Waals surface area (Å²) < 4.78 is 23.7. The molecule has 0 spiro atoms. The van der Waals surface area contributed by atoms with Crippen LogP contribution in [0.5, 0.6) is 0 Å². The van der Waals surface area contributed by atoms with E-state index >= 15 is 0 Å². The Labute approximate surface area is 85.8 Å². The lowest BCUT2D eigenvalue weighted by Crippen LogP contribution is -2.29. The third-order valence-corrected chi connectivity index (χ3v) is 5.47. The summed E-state index contributed by atoms with van der Waals surface area (Å²) in [6, 6.07) is 0. The zero-order valence-electron chi connectivity index (χ0n) is 8.99. The maximum absolute atomic E-state index is 11.8. The highest BCUT2D eigenvalue weighted by Crippen LogP contribution is 2.29. The number of carbonyl (C=O) groups excluding carboxylic acids is 1. The van der Waals surface area contributed by atoms with Crippen LogP contribution in [0.4, 0.5) is 0 Å². The summed E-state index contributed by atoms with van der Waals surface area (Å²) in [6.45, 7) is 5.51. The van der Waals surface area contributed by atoms with Gasteiger partial charge in [-0.1, -0.05) is 20.8 Å². The van der Waals surface area contributed by atoms with E-state index in [1.807, 2.05) is 13.8 Å². The Morgan fingerprint density at radius 1 is 1.43 bits per heavy atom. The molecule has 0 bridgehead atoms. The number of Topliss-reactive ketones (excluding diaryl/α,β-unsaturated/α-hetero) is 1. The van der Waals surface area contributed by atoms with Crippen molar-refractivity contribution in [3.63, 3.8) is 0 Å². The molecule has 0 saturated heterocycles. The van der Waals surface area contributed by atoms with Crippen LogP contribution in [0.2, 0.25) is 0 Å². The molecule has 3 nitrogen and oxygen atoms in total. The molecule has 0 amide bonds. The third kappa shape index (κ3) is 2.35. The number of sulfone groups is 1. The second-order valence-electron chi connectivity index (χ2n) is 4.56. The van der Waals surface area contributed by atoms with E-state index in [1.165, 1.54) is 0 Å². The number of hydrogen-bond acceptors (Lipinski definition) is 3. The van der Waals surface area contributed by atoms with Gasteiger partial charge in [0.2, 0.25) is 0 Å². The molecule has 2 unspecified atom stereocenters. The minimum Gasteiger partial charge on any atom is -0.299 e. The summed E-state index contributed by atoms with van der Waals surface area (Å²) in [5.74, 6) is 0.152. The molecule has 0 N–H and O–H groups in total. The van der Waals surface area contributed by atoms with E-state index < -0.39 is 15.1 Å². The monoisotopic (exact) mass is 218 g/mol. The second-order valence-corrected chi connectivity index (χ2v) is 6.82. The van der Waals surface area contributed by atoms with Crippen LogP contribution < -0.4 is 0 Å². The van der Waals surface area contributed by atoms with Gasteiger partial charge in [-0.3, -0.25) is 4.79 Å². The van der Waals surface area contributed by atoms with Crippen LogP contribution in [-0.2, 0) is 14.6 Å². The Hall–Kier alpha value is -0.380. The molecule has 1 rings (SSSR count). The molecule has 0 radical (unpaired) electrons. The molecule has 0 aromatic carbocycles. The largest absolute Gasteiger partial charge is 0.299 e. The Kier molecular flexibility index (Phi) is 3.35. The van der Waals surface area contributed by atoms with Gasteiger partial charge in [0.25, 0.3) is 0 Å². The van der Waals surface area contributed by atoms with E-state index in [-0.39, 0.29) is 23.4 Å². The molecule has 1 aliphatic carbocycles. The van der Waals surface area contributed by atoms with Crippen molar-refractivity contribution in [2.45, 2.75) is 38.9 Å². The maximum Gasteiger partial charge on any atom is 0.154 e. The van der Waals surface area contributed by atoms with Crippen molar-refractivity contribution in [3.8, 4) is 0 Å². The third-order valence-electron chi connectivity index (χ3n) is 2.77. The van der Waals surface area contributed by atoms with Crippen LogP contribution in [0.15, 0.2) is 0 Å². The van der Waals surface area contributed by atoms with E-state index in [9.17, 15) is 13.2 Å². The van der Waals surface area contributed by atoms with Crippen LogP contribution in [-0.4, -0.2) is 25.2 Å². The molecular formula is C10H18O3S. The SMILES string of the molecule is CC(C)CS(=O)(=O)C1CCC(=O)C1C. The van der Waals surface area contributed by atoms with Gasteiger partial charge < -0.3 is 0 Å². The van der Waals surface area contributed by atoms with Crippen molar-refractivity contribution in [2.75, 3.05) is 5.75 Å². The fourth-order valence-corrected chi connectivity index (χ4v) is 4.48. The van der Waals surface area contributed by atoms with Crippen molar-refractivity contribution in [3.05, 3.63) is 0 Å². The number of hydrogen-bond donors (Lipinski definition) is 0. The molecule has 0 aromatic rings. The van der Waals surface area contributed by atoms with Gasteiger partial charge >= 0.3 is 0 Å². The summed E-state index contributed by atoms with van der Waals surface area (Å²) in [7, 11) is -3.06. The highest BCUT2D eigenvalue weighted by atomic mass is 32.2. The number of ketones is 1. The highest BCUT2D eigenvalue weighted by molar-refractivity contribution is 7.92. The molecule has 0 heterocycles. The van der Waals surface area contributed by atoms with Crippen molar-refractivity contribution in [1.82, 2.24) is 0 Å². The van der Waals surface area contributed by atoms with Gasteiger partial charge in [-0.05, 0) is 12.3 Å². The molecule has 1 aliphatic rings. The van der Waals surface area contributed by atoms with E-state index in [1.54, 1.807) is 6.92 Å². The molecule has 0 aromatic heterocycles. The molecule has 0 aliphatic heterocycles. The molecule has 82 valence electrons. The molecule has 2 atom stereocenters. The minimum atomic E-state index is -3.06. The van der Waals surface area contributed by atoms with Gasteiger partial charge in [0, 0.05) is 12.3 Å². The standard InChI is InChI=1S/C10H18O3S/c1-7(2)6-14(12,13)10-5-4-9(11)8(10)3/h7-8,10H,4-6H2,1-3H3. The first-order chi connectivity index (χ1) is 6.34. The first-order valence-electron chi connectivity index (χ1n) is 5.09. The summed E-state index contributed by atoms with van der Waals surface area (Å²) >= 11 is 0. The normalized spacial score (nSPS) is 28.7. The average Bonchev–Trinajstić information content (AvgIpc) is 2.30. The minimum absolute atomic E-state index is 0.0994. The van der Waals surface area contributed by atoms with Gasteiger partial charge in [-0.2, -0.15) is 0 Å². The van der Waals surface area contributed by atoms with E-state index in [4.69, 9.17) is 0 Å². The zero-order valence-corrected chi connectivity index (χ0v) is 9.80. The van der Waals surface area contributed by atoms with Gasteiger partial charge in [0.05, 0.1) is 11.0 Å². The fraction of sp³-hybridized carbons (Fsp3) is 0.900. The van der Waals surface area contributed by atoms with E-state index in [0.717, 1.165) is 0 Å². The first-order valence-corrected chi connectivity index (χ1v) is 6.80. The molecule has 4 heteroatoms. The smallest absolute Gasteiger partial charge is 0.154 e. The fourth-order valence-electron chi connectivity index (χ4n) is 2.05. The van der Waals surface area contributed by atoms with E-state index in [2.05, 4.69) is 0 Å².